The average molecular weight is 141 g/mol. The van der Waals surface area contributed by atoms with Crippen LogP contribution in [-0.4, -0.2) is 13.1 Å². The summed E-state index contributed by atoms with van der Waals surface area (Å²) in [6, 6.07) is 0. The first-order valence-corrected chi connectivity index (χ1v) is 4.55. The molecule has 2 atom stereocenters. The third-order valence-corrected chi connectivity index (χ3v) is 2.74. The van der Waals surface area contributed by atoms with Crippen LogP contribution in [-0.2, 0) is 0 Å². The smallest absolute Gasteiger partial charge is 0.00463 e. The highest BCUT2D eigenvalue weighted by atomic mass is 14.8. The van der Waals surface area contributed by atoms with Crippen molar-refractivity contribution in [2.24, 2.45) is 11.8 Å². The summed E-state index contributed by atoms with van der Waals surface area (Å²) >= 11 is 0. The van der Waals surface area contributed by atoms with Gasteiger partial charge in [-0.3, -0.25) is 0 Å². The van der Waals surface area contributed by atoms with Crippen molar-refractivity contribution >= 4 is 0 Å². The molecule has 0 aromatic heterocycles. The van der Waals surface area contributed by atoms with Crippen molar-refractivity contribution < 1.29 is 0 Å². The Morgan fingerprint density at radius 1 is 1.40 bits per heavy atom. The second-order valence-electron chi connectivity index (χ2n) is 3.46. The Hall–Kier alpha value is -0.0400. The Bertz CT molecular complexity index is 90.7. The molecule has 1 heteroatoms. The molecule has 0 aliphatic heterocycles. The van der Waals surface area contributed by atoms with Crippen LogP contribution >= 0.6 is 0 Å². The molecule has 0 heterocycles. The zero-order valence-electron chi connectivity index (χ0n) is 7.19. The minimum Gasteiger partial charge on any atom is -0.317 e. The van der Waals surface area contributed by atoms with Crippen molar-refractivity contribution in [2.75, 3.05) is 13.1 Å². The van der Waals surface area contributed by atoms with E-state index in [0.29, 0.717) is 0 Å². The fourth-order valence-corrected chi connectivity index (χ4v) is 1.63. The SMILES string of the molecule is CCNCCC1CC[C@H]1C. The van der Waals surface area contributed by atoms with E-state index in [1.54, 1.807) is 0 Å². The van der Waals surface area contributed by atoms with Crippen molar-refractivity contribution in [2.45, 2.75) is 33.1 Å². The van der Waals surface area contributed by atoms with Crippen molar-refractivity contribution in [1.29, 1.82) is 0 Å². The third kappa shape index (κ3) is 1.98. The highest BCUT2D eigenvalue weighted by Gasteiger charge is 2.25. The molecule has 1 rings (SSSR count). The van der Waals surface area contributed by atoms with Crippen LogP contribution in [0.15, 0.2) is 0 Å². The lowest BCUT2D eigenvalue weighted by atomic mass is 9.73. The topological polar surface area (TPSA) is 12.0 Å². The van der Waals surface area contributed by atoms with E-state index >= 15 is 0 Å². The van der Waals surface area contributed by atoms with Crippen molar-refractivity contribution in [3.63, 3.8) is 0 Å². The van der Waals surface area contributed by atoms with Crippen molar-refractivity contribution in [1.82, 2.24) is 5.32 Å². The summed E-state index contributed by atoms with van der Waals surface area (Å²) in [5, 5.41) is 3.37. The molecule has 1 saturated carbocycles. The molecule has 1 fully saturated rings. The van der Waals surface area contributed by atoms with Crippen LogP contribution in [0.25, 0.3) is 0 Å². The van der Waals surface area contributed by atoms with Gasteiger partial charge in [0.15, 0.2) is 0 Å². The number of hydrogen-bond donors (Lipinski definition) is 1. The summed E-state index contributed by atoms with van der Waals surface area (Å²) < 4.78 is 0. The maximum atomic E-state index is 3.37. The van der Waals surface area contributed by atoms with Crippen molar-refractivity contribution in [3.05, 3.63) is 0 Å². The molecule has 0 spiro atoms. The van der Waals surface area contributed by atoms with E-state index in [1.165, 1.54) is 25.8 Å². The molecule has 1 nitrogen and oxygen atoms in total. The maximum Gasteiger partial charge on any atom is -0.00463 e. The average Bonchev–Trinajstić information content (AvgIpc) is 1.95. The lowest BCUT2D eigenvalue weighted by molar-refractivity contribution is 0.183. The molecule has 1 aliphatic carbocycles. The molecule has 0 amide bonds. The van der Waals surface area contributed by atoms with Crippen LogP contribution in [0.1, 0.15) is 33.1 Å². The Balaban J connectivity index is 1.92. The Morgan fingerprint density at radius 3 is 2.60 bits per heavy atom. The van der Waals surface area contributed by atoms with Crippen LogP contribution < -0.4 is 5.32 Å². The van der Waals surface area contributed by atoms with E-state index in [-0.39, 0.29) is 0 Å². The van der Waals surface area contributed by atoms with Crippen LogP contribution in [0.3, 0.4) is 0 Å². The molecular weight excluding hydrogens is 122 g/mol. The van der Waals surface area contributed by atoms with Crippen molar-refractivity contribution in [3.8, 4) is 0 Å². The van der Waals surface area contributed by atoms with Gasteiger partial charge in [-0.05, 0) is 37.8 Å². The monoisotopic (exact) mass is 141 g/mol. The van der Waals surface area contributed by atoms with E-state index in [4.69, 9.17) is 0 Å². The number of nitrogens with one attached hydrogen (secondary N) is 1. The maximum absolute atomic E-state index is 3.37. The summed E-state index contributed by atoms with van der Waals surface area (Å²) in [7, 11) is 0. The second kappa shape index (κ2) is 3.97. The van der Waals surface area contributed by atoms with Crippen LogP contribution in [0.2, 0.25) is 0 Å². The Kier molecular flexibility index (Phi) is 3.20. The summed E-state index contributed by atoms with van der Waals surface area (Å²) in [6.45, 7) is 6.90. The van der Waals surface area contributed by atoms with Gasteiger partial charge in [0.1, 0.15) is 0 Å². The molecule has 0 aromatic rings. The van der Waals surface area contributed by atoms with E-state index < -0.39 is 0 Å². The van der Waals surface area contributed by atoms with Crippen LogP contribution in [0, 0.1) is 11.8 Å². The lowest BCUT2D eigenvalue weighted by Crippen LogP contribution is -2.27. The first kappa shape index (κ1) is 8.06. The predicted octanol–water partition coefficient (Wildman–Crippen LogP) is 2.03. The van der Waals surface area contributed by atoms with Crippen LogP contribution in [0.4, 0.5) is 0 Å². The van der Waals surface area contributed by atoms with E-state index in [0.717, 1.165) is 18.4 Å². The summed E-state index contributed by atoms with van der Waals surface area (Å²) in [4.78, 5) is 0. The summed E-state index contributed by atoms with van der Waals surface area (Å²) in [5.41, 5.74) is 0. The molecule has 1 aliphatic rings. The zero-order valence-corrected chi connectivity index (χ0v) is 7.19. The molecule has 10 heavy (non-hydrogen) atoms. The largest absolute Gasteiger partial charge is 0.317 e. The fraction of sp³-hybridized carbons (Fsp3) is 1.00. The molecule has 1 N–H and O–H groups in total. The van der Waals surface area contributed by atoms with Gasteiger partial charge in [0, 0.05) is 0 Å². The third-order valence-electron chi connectivity index (χ3n) is 2.74. The molecule has 0 radical (unpaired) electrons. The first-order chi connectivity index (χ1) is 4.84. The standard InChI is InChI=1S/C9H19N/c1-3-10-7-6-9-5-4-8(9)2/h8-10H,3-7H2,1-2H3/t8-,9?/m1/s1. The van der Waals surface area contributed by atoms with Gasteiger partial charge in [-0.1, -0.05) is 20.3 Å². The second-order valence-corrected chi connectivity index (χ2v) is 3.46. The van der Waals surface area contributed by atoms with Gasteiger partial charge in [-0.25, -0.2) is 0 Å². The number of rotatable bonds is 4. The summed E-state index contributed by atoms with van der Waals surface area (Å²) in [5.74, 6) is 2.05. The quantitative estimate of drug-likeness (QED) is 0.591. The molecular formula is C9H19N. The van der Waals surface area contributed by atoms with Crippen LogP contribution in [0.5, 0.6) is 0 Å². The van der Waals surface area contributed by atoms with Gasteiger partial charge in [0.05, 0.1) is 0 Å². The minimum absolute atomic E-state index is 1.01. The zero-order chi connectivity index (χ0) is 7.40. The molecule has 0 aromatic carbocycles. The van der Waals surface area contributed by atoms with E-state index in [1.807, 2.05) is 0 Å². The lowest BCUT2D eigenvalue weighted by Gasteiger charge is -2.33. The van der Waals surface area contributed by atoms with Gasteiger partial charge in [0.25, 0.3) is 0 Å². The van der Waals surface area contributed by atoms with Gasteiger partial charge < -0.3 is 5.32 Å². The molecule has 0 bridgehead atoms. The highest BCUT2D eigenvalue weighted by molar-refractivity contribution is 4.77. The van der Waals surface area contributed by atoms with E-state index in [2.05, 4.69) is 19.2 Å². The Labute approximate surface area is 64.2 Å². The van der Waals surface area contributed by atoms with Gasteiger partial charge in [-0.15, -0.1) is 0 Å². The molecule has 60 valence electrons. The minimum atomic E-state index is 1.01. The van der Waals surface area contributed by atoms with Gasteiger partial charge in [0.2, 0.25) is 0 Å². The summed E-state index contributed by atoms with van der Waals surface area (Å²) in [6.07, 6.45) is 4.35. The Morgan fingerprint density at radius 2 is 2.20 bits per heavy atom. The fourth-order valence-electron chi connectivity index (χ4n) is 1.63. The van der Waals surface area contributed by atoms with E-state index in [9.17, 15) is 0 Å². The normalized spacial score (nSPS) is 31.8. The molecule has 0 saturated heterocycles. The molecule has 1 unspecified atom stereocenters. The first-order valence-electron chi connectivity index (χ1n) is 4.55. The predicted molar refractivity (Wildman–Crippen MR) is 45.0 cm³/mol. The number of hydrogen-bond acceptors (Lipinski definition) is 1. The highest BCUT2D eigenvalue weighted by Crippen LogP contribution is 2.35. The van der Waals surface area contributed by atoms with Gasteiger partial charge in [-0.2, -0.15) is 0 Å². The van der Waals surface area contributed by atoms with Gasteiger partial charge >= 0.3 is 0 Å².